The Morgan fingerprint density at radius 3 is 2.52 bits per heavy atom. The highest BCUT2D eigenvalue weighted by molar-refractivity contribution is 7.89. The number of sulfonamides is 1. The quantitative estimate of drug-likeness (QED) is 0.625. The third-order valence-electron chi connectivity index (χ3n) is 3.42. The van der Waals surface area contributed by atoms with Crippen LogP contribution in [-0.4, -0.2) is 40.0 Å². The summed E-state index contributed by atoms with van der Waals surface area (Å²) in [4.78, 5) is 11.8. The first-order valence-corrected chi connectivity index (χ1v) is 8.55. The molecule has 1 saturated heterocycles. The van der Waals surface area contributed by atoms with Crippen LogP contribution in [0.5, 0.6) is 0 Å². The highest BCUT2D eigenvalue weighted by atomic mass is 32.2. The monoisotopic (exact) mass is 311 g/mol. The minimum absolute atomic E-state index is 0.0114. The van der Waals surface area contributed by atoms with Gasteiger partial charge in [-0.05, 0) is 38.4 Å². The average molecular weight is 311 g/mol. The lowest BCUT2D eigenvalue weighted by Gasteiger charge is -2.26. The number of carbonyl (C=O) groups excluding carboxylic acids is 1. The van der Waals surface area contributed by atoms with Gasteiger partial charge < -0.3 is 10.6 Å². The second-order valence-corrected chi connectivity index (χ2v) is 6.92. The number of aryl methyl sites for hydroxylation is 1. The summed E-state index contributed by atoms with van der Waals surface area (Å²) in [5.41, 5.74) is 1.02. The molecule has 0 aromatic heterocycles. The van der Waals surface area contributed by atoms with E-state index in [1.54, 1.807) is 24.3 Å². The molecule has 0 bridgehead atoms. The normalized spacial score (nSPS) is 18.0. The lowest BCUT2D eigenvalue weighted by molar-refractivity contribution is -0.124. The summed E-state index contributed by atoms with van der Waals surface area (Å²) in [5, 5.41) is 5.79. The second-order valence-electron chi connectivity index (χ2n) is 5.15. The van der Waals surface area contributed by atoms with Crippen LogP contribution in [0.4, 0.5) is 0 Å². The summed E-state index contributed by atoms with van der Waals surface area (Å²) in [6.07, 6.45) is 1.43. The molecule has 0 radical (unpaired) electrons. The van der Waals surface area contributed by atoms with Crippen molar-refractivity contribution in [3.05, 3.63) is 29.8 Å². The van der Waals surface area contributed by atoms with Gasteiger partial charge in [-0.2, -0.15) is 0 Å². The fraction of sp³-hybridized carbons (Fsp3) is 0.500. The zero-order chi connectivity index (χ0) is 15.3. The predicted molar refractivity (Wildman–Crippen MR) is 80.4 cm³/mol. The van der Waals surface area contributed by atoms with Gasteiger partial charge in [-0.3, -0.25) is 4.79 Å². The van der Waals surface area contributed by atoms with Gasteiger partial charge in [0, 0.05) is 13.1 Å². The topological polar surface area (TPSA) is 87.3 Å². The molecule has 2 rings (SSSR count). The van der Waals surface area contributed by atoms with Crippen molar-refractivity contribution < 1.29 is 13.2 Å². The van der Waals surface area contributed by atoms with Gasteiger partial charge in [0.05, 0.1) is 10.9 Å². The molecule has 1 fully saturated rings. The van der Waals surface area contributed by atoms with Crippen molar-refractivity contribution in [2.75, 3.05) is 19.6 Å². The number of amides is 1. The largest absolute Gasteiger partial charge is 0.355 e. The van der Waals surface area contributed by atoms with Crippen LogP contribution in [0, 0.1) is 6.92 Å². The molecule has 1 aromatic carbocycles. The molecule has 1 aromatic rings. The fourth-order valence-corrected chi connectivity index (χ4v) is 3.02. The predicted octanol–water partition coefficient (Wildman–Crippen LogP) is 0.142. The molecule has 1 amide bonds. The minimum Gasteiger partial charge on any atom is -0.355 e. The van der Waals surface area contributed by atoms with Crippen molar-refractivity contribution in [2.24, 2.45) is 0 Å². The molecule has 1 atom stereocenters. The standard InChI is InChI=1S/C14H21N3O3S/c1-11-3-5-12(6-4-11)21(19,20)17-9-2-8-16-14(18)13-7-10-15-13/h3-6,13,15,17H,2,7-10H2,1H3,(H,16,18)/t13-/m1/s1. The van der Waals surface area contributed by atoms with Crippen molar-refractivity contribution in [3.63, 3.8) is 0 Å². The van der Waals surface area contributed by atoms with E-state index in [1.165, 1.54) is 0 Å². The molecule has 0 unspecified atom stereocenters. The molecule has 0 saturated carbocycles. The summed E-state index contributed by atoms with van der Waals surface area (Å²) >= 11 is 0. The molecule has 1 heterocycles. The Morgan fingerprint density at radius 1 is 1.29 bits per heavy atom. The Hall–Kier alpha value is -1.44. The van der Waals surface area contributed by atoms with Crippen molar-refractivity contribution in [1.29, 1.82) is 0 Å². The number of rotatable bonds is 7. The van der Waals surface area contributed by atoms with Crippen molar-refractivity contribution in [1.82, 2.24) is 15.4 Å². The van der Waals surface area contributed by atoms with Crippen molar-refractivity contribution in [3.8, 4) is 0 Å². The fourth-order valence-electron chi connectivity index (χ4n) is 1.94. The SMILES string of the molecule is Cc1ccc(S(=O)(=O)NCCCNC(=O)[C@H]2CCN2)cc1. The summed E-state index contributed by atoms with van der Waals surface area (Å²) < 4.78 is 26.5. The third kappa shape index (κ3) is 4.52. The maximum Gasteiger partial charge on any atom is 0.240 e. The molecule has 1 aliphatic heterocycles. The lowest BCUT2D eigenvalue weighted by Crippen LogP contribution is -2.53. The summed E-state index contributed by atoms with van der Waals surface area (Å²) in [7, 11) is -3.46. The lowest BCUT2D eigenvalue weighted by atomic mass is 10.1. The number of hydrogen-bond donors (Lipinski definition) is 3. The number of hydrogen-bond acceptors (Lipinski definition) is 4. The van der Waals surface area contributed by atoms with Gasteiger partial charge in [0.15, 0.2) is 0 Å². The molecule has 0 aliphatic carbocycles. The third-order valence-corrected chi connectivity index (χ3v) is 4.89. The van der Waals surface area contributed by atoms with E-state index in [-0.39, 0.29) is 16.8 Å². The summed E-state index contributed by atoms with van der Waals surface area (Å²) in [6, 6.07) is 6.62. The van der Waals surface area contributed by atoms with E-state index < -0.39 is 10.0 Å². The van der Waals surface area contributed by atoms with E-state index in [2.05, 4.69) is 15.4 Å². The van der Waals surface area contributed by atoms with Gasteiger partial charge in [0.25, 0.3) is 0 Å². The Bertz CT molecular complexity index is 580. The molecular weight excluding hydrogens is 290 g/mol. The van der Waals surface area contributed by atoms with Crippen LogP contribution in [-0.2, 0) is 14.8 Å². The molecule has 1 aliphatic rings. The first-order chi connectivity index (χ1) is 9.99. The smallest absolute Gasteiger partial charge is 0.240 e. The Kier molecular flexibility index (Phi) is 5.33. The maximum absolute atomic E-state index is 12.0. The molecule has 21 heavy (non-hydrogen) atoms. The number of benzene rings is 1. The van der Waals surface area contributed by atoms with E-state index in [1.807, 2.05) is 6.92 Å². The number of carbonyl (C=O) groups is 1. The van der Waals surface area contributed by atoms with Crippen LogP contribution in [0.3, 0.4) is 0 Å². The maximum atomic E-state index is 12.0. The zero-order valence-electron chi connectivity index (χ0n) is 12.1. The molecule has 116 valence electrons. The summed E-state index contributed by atoms with van der Waals surface area (Å²) in [6.45, 7) is 3.56. The highest BCUT2D eigenvalue weighted by Gasteiger charge is 2.23. The van der Waals surface area contributed by atoms with Crippen LogP contribution in [0.2, 0.25) is 0 Å². The van der Waals surface area contributed by atoms with E-state index in [0.717, 1.165) is 18.5 Å². The Morgan fingerprint density at radius 2 is 1.95 bits per heavy atom. The molecular formula is C14H21N3O3S. The van der Waals surface area contributed by atoms with Crippen LogP contribution in [0.1, 0.15) is 18.4 Å². The second kappa shape index (κ2) is 7.02. The molecule has 0 spiro atoms. The summed E-state index contributed by atoms with van der Waals surface area (Å²) in [5.74, 6) is -0.0114. The zero-order valence-corrected chi connectivity index (χ0v) is 12.9. The van der Waals surface area contributed by atoms with Gasteiger partial charge in [0.2, 0.25) is 15.9 Å². The average Bonchev–Trinajstić information content (AvgIpc) is 2.36. The van der Waals surface area contributed by atoms with Crippen LogP contribution >= 0.6 is 0 Å². The Labute approximate surface area is 125 Å². The van der Waals surface area contributed by atoms with Crippen molar-refractivity contribution in [2.45, 2.75) is 30.7 Å². The Balaban J connectivity index is 1.69. The van der Waals surface area contributed by atoms with Gasteiger partial charge in [-0.25, -0.2) is 13.1 Å². The van der Waals surface area contributed by atoms with Crippen LogP contribution in [0.25, 0.3) is 0 Å². The first kappa shape index (κ1) is 15.9. The van der Waals surface area contributed by atoms with Gasteiger partial charge in [0.1, 0.15) is 0 Å². The van der Waals surface area contributed by atoms with Crippen LogP contribution in [0.15, 0.2) is 29.2 Å². The van der Waals surface area contributed by atoms with Crippen LogP contribution < -0.4 is 15.4 Å². The molecule has 3 N–H and O–H groups in total. The van der Waals surface area contributed by atoms with Crippen molar-refractivity contribution >= 4 is 15.9 Å². The van der Waals surface area contributed by atoms with Gasteiger partial charge in [-0.1, -0.05) is 17.7 Å². The van der Waals surface area contributed by atoms with E-state index in [9.17, 15) is 13.2 Å². The van der Waals surface area contributed by atoms with Gasteiger partial charge >= 0.3 is 0 Å². The first-order valence-electron chi connectivity index (χ1n) is 7.06. The van der Waals surface area contributed by atoms with E-state index in [4.69, 9.17) is 0 Å². The highest BCUT2D eigenvalue weighted by Crippen LogP contribution is 2.09. The minimum atomic E-state index is -3.46. The molecule has 7 heteroatoms. The molecule has 6 nitrogen and oxygen atoms in total. The number of nitrogens with one attached hydrogen (secondary N) is 3. The van der Waals surface area contributed by atoms with E-state index >= 15 is 0 Å². The van der Waals surface area contributed by atoms with E-state index in [0.29, 0.717) is 19.5 Å². The van der Waals surface area contributed by atoms with Gasteiger partial charge in [-0.15, -0.1) is 0 Å².